The summed E-state index contributed by atoms with van der Waals surface area (Å²) in [6.07, 6.45) is 11.4. The molecule has 0 aromatic heterocycles. The molecule has 0 rings (SSSR count). The average molecular weight is 325 g/mol. The number of nitrogens with one attached hydrogen (secondary N) is 1. The Morgan fingerprint density at radius 3 is 2.43 bits per heavy atom. The van der Waals surface area contributed by atoms with Gasteiger partial charge in [-0.05, 0) is 19.3 Å². The molecule has 1 atom stereocenters. The molecule has 0 saturated heterocycles. The van der Waals surface area contributed by atoms with Gasteiger partial charge in [-0.1, -0.05) is 38.0 Å². The van der Waals surface area contributed by atoms with E-state index in [0.717, 1.165) is 12.8 Å². The zero-order valence-electron chi connectivity index (χ0n) is 14.2. The van der Waals surface area contributed by atoms with Crippen molar-refractivity contribution in [2.75, 3.05) is 14.2 Å². The third kappa shape index (κ3) is 11.2. The van der Waals surface area contributed by atoms with Crippen LogP contribution in [0.4, 0.5) is 0 Å². The van der Waals surface area contributed by atoms with Gasteiger partial charge in [0, 0.05) is 12.5 Å². The number of esters is 2. The molecule has 1 N–H and O–H groups in total. The van der Waals surface area contributed by atoms with Crippen LogP contribution >= 0.6 is 0 Å². The molecule has 0 aliphatic heterocycles. The van der Waals surface area contributed by atoms with Crippen LogP contribution in [0.15, 0.2) is 24.3 Å². The smallest absolute Gasteiger partial charge is 0.328 e. The Morgan fingerprint density at radius 2 is 1.83 bits per heavy atom. The maximum Gasteiger partial charge on any atom is 0.328 e. The van der Waals surface area contributed by atoms with Gasteiger partial charge < -0.3 is 14.8 Å². The minimum Gasteiger partial charge on any atom is -0.469 e. The van der Waals surface area contributed by atoms with Gasteiger partial charge in [0.25, 0.3) is 0 Å². The second-order valence-corrected chi connectivity index (χ2v) is 4.98. The second-order valence-electron chi connectivity index (χ2n) is 4.98. The van der Waals surface area contributed by atoms with E-state index >= 15 is 0 Å². The van der Waals surface area contributed by atoms with E-state index in [-0.39, 0.29) is 12.8 Å². The summed E-state index contributed by atoms with van der Waals surface area (Å²) in [6.45, 7) is 2.14. The molecule has 0 fully saturated rings. The Balaban J connectivity index is 4.31. The van der Waals surface area contributed by atoms with E-state index in [1.807, 2.05) is 6.08 Å². The van der Waals surface area contributed by atoms with E-state index in [4.69, 9.17) is 0 Å². The summed E-state index contributed by atoms with van der Waals surface area (Å²) < 4.78 is 9.13. The van der Waals surface area contributed by atoms with Gasteiger partial charge in [0.05, 0.1) is 14.2 Å². The van der Waals surface area contributed by atoms with Gasteiger partial charge in [-0.15, -0.1) is 0 Å². The topological polar surface area (TPSA) is 81.7 Å². The first-order chi connectivity index (χ1) is 11.0. The molecule has 1 amide bonds. The fourth-order valence-corrected chi connectivity index (χ4v) is 1.81. The number of hydrogen-bond donors (Lipinski definition) is 1. The Morgan fingerprint density at radius 1 is 1.09 bits per heavy atom. The minimum atomic E-state index is -0.871. The number of rotatable bonds is 11. The standard InChI is InChI=1S/C17H27NO5/c1-4-5-6-7-8-9-10-11-15(19)18-14(17(21)23-3)12-13-16(20)22-2/h8-11,14H,4-7,12-13H2,1-3H3,(H,18,19)/b9-8+,11-10+/t14-/m0/s1. The molecule has 130 valence electrons. The first kappa shape index (κ1) is 20.9. The molecule has 0 unspecified atom stereocenters. The van der Waals surface area contributed by atoms with E-state index in [9.17, 15) is 14.4 Å². The Labute approximate surface area is 137 Å². The highest BCUT2D eigenvalue weighted by atomic mass is 16.5. The SMILES string of the molecule is CCCCC/C=C/C=C/C(=O)N[C@@H](CCC(=O)OC)C(=O)OC. The van der Waals surface area contributed by atoms with Crippen molar-refractivity contribution in [1.82, 2.24) is 5.32 Å². The summed E-state index contributed by atoms with van der Waals surface area (Å²) in [5, 5.41) is 2.52. The zero-order valence-corrected chi connectivity index (χ0v) is 14.2. The predicted octanol–water partition coefficient (Wildman–Crippen LogP) is 2.29. The van der Waals surface area contributed by atoms with Crippen molar-refractivity contribution in [2.45, 2.75) is 51.5 Å². The van der Waals surface area contributed by atoms with Gasteiger partial charge in [0.1, 0.15) is 6.04 Å². The molecule has 0 heterocycles. The average Bonchev–Trinajstić information content (AvgIpc) is 2.56. The quantitative estimate of drug-likeness (QED) is 0.273. The maximum absolute atomic E-state index is 11.8. The van der Waals surface area contributed by atoms with Gasteiger partial charge in [-0.3, -0.25) is 9.59 Å². The summed E-state index contributed by atoms with van der Waals surface area (Å²) >= 11 is 0. The summed E-state index contributed by atoms with van der Waals surface area (Å²) in [6, 6.07) is -0.871. The second kappa shape index (κ2) is 13.5. The van der Waals surface area contributed by atoms with Crippen molar-refractivity contribution in [3.8, 4) is 0 Å². The fraction of sp³-hybridized carbons (Fsp3) is 0.588. The number of hydrogen-bond acceptors (Lipinski definition) is 5. The van der Waals surface area contributed by atoms with Crippen LogP contribution in [0.2, 0.25) is 0 Å². The molecule has 23 heavy (non-hydrogen) atoms. The monoisotopic (exact) mass is 325 g/mol. The lowest BCUT2D eigenvalue weighted by molar-refractivity contribution is -0.146. The van der Waals surface area contributed by atoms with Crippen molar-refractivity contribution in [1.29, 1.82) is 0 Å². The first-order valence-corrected chi connectivity index (χ1v) is 7.83. The van der Waals surface area contributed by atoms with Crippen LogP contribution in [0.1, 0.15) is 45.4 Å². The number of ether oxygens (including phenoxy) is 2. The lowest BCUT2D eigenvalue weighted by Crippen LogP contribution is -2.41. The number of methoxy groups -OCH3 is 2. The Hall–Kier alpha value is -2.11. The number of allylic oxidation sites excluding steroid dienone is 3. The molecule has 0 bridgehead atoms. The highest BCUT2D eigenvalue weighted by molar-refractivity contribution is 5.91. The van der Waals surface area contributed by atoms with Crippen LogP contribution in [0.25, 0.3) is 0 Å². The third-order valence-electron chi connectivity index (χ3n) is 3.14. The van der Waals surface area contributed by atoms with E-state index in [1.54, 1.807) is 12.2 Å². The first-order valence-electron chi connectivity index (χ1n) is 7.83. The minimum absolute atomic E-state index is 0.0254. The number of unbranched alkanes of at least 4 members (excludes halogenated alkanes) is 3. The normalized spacial score (nSPS) is 12.3. The molecule has 0 aromatic rings. The van der Waals surface area contributed by atoms with Crippen LogP contribution in [0.5, 0.6) is 0 Å². The van der Waals surface area contributed by atoms with Gasteiger partial charge in [-0.2, -0.15) is 0 Å². The lowest BCUT2D eigenvalue weighted by Gasteiger charge is -2.14. The molecule has 0 aromatic carbocycles. The summed E-state index contributed by atoms with van der Waals surface area (Å²) in [5.74, 6) is -1.45. The summed E-state index contributed by atoms with van der Waals surface area (Å²) in [4.78, 5) is 34.5. The van der Waals surface area contributed by atoms with E-state index in [0.29, 0.717) is 0 Å². The molecule has 0 spiro atoms. The largest absolute Gasteiger partial charge is 0.469 e. The number of carbonyl (C=O) groups excluding carboxylic acids is 3. The van der Waals surface area contributed by atoms with Crippen molar-refractivity contribution in [3.05, 3.63) is 24.3 Å². The zero-order chi connectivity index (χ0) is 17.5. The van der Waals surface area contributed by atoms with Gasteiger partial charge >= 0.3 is 11.9 Å². The maximum atomic E-state index is 11.8. The van der Waals surface area contributed by atoms with Gasteiger partial charge in [0.15, 0.2) is 0 Å². The molecule has 6 heteroatoms. The summed E-state index contributed by atoms with van der Waals surface area (Å²) in [5.41, 5.74) is 0. The number of carbonyl (C=O) groups is 3. The number of amides is 1. The highest BCUT2D eigenvalue weighted by Crippen LogP contribution is 2.02. The third-order valence-corrected chi connectivity index (χ3v) is 3.14. The van der Waals surface area contributed by atoms with Crippen LogP contribution in [-0.2, 0) is 23.9 Å². The lowest BCUT2D eigenvalue weighted by atomic mass is 10.1. The molecule has 6 nitrogen and oxygen atoms in total. The predicted molar refractivity (Wildman–Crippen MR) is 87.6 cm³/mol. The van der Waals surface area contributed by atoms with E-state index < -0.39 is 23.9 Å². The summed E-state index contributed by atoms with van der Waals surface area (Å²) in [7, 11) is 2.50. The fourth-order valence-electron chi connectivity index (χ4n) is 1.81. The van der Waals surface area contributed by atoms with Crippen molar-refractivity contribution >= 4 is 17.8 Å². The molecule has 0 aliphatic rings. The van der Waals surface area contributed by atoms with E-state index in [2.05, 4.69) is 21.7 Å². The van der Waals surface area contributed by atoms with Crippen molar-refractivity contribution in [3.63, 3.8) is 0 Å². The Bertz CT molecular complexity index is 429. The molecular weight excluding hydrogens is 298 g/mol. The van der Waals surface area contributed by atoms with E-state index in [1.165, 1.54) is 33.1 Å². The Kier molecular flexibility index (Phi) is 12.3. The van der Waals surface area contributed by atoms with Crippen LogP contribution in [0, 0.1) is 0 Å². The van der Waals surface area contributed by atoms with Crippen LogP contribution in [0.3, 0.4) is 0 Å². The molecular formula is C17H27NO5. The molecule has 0 aliphatic carbocycles. The van der Waals surface area contributed by atoms with Crippen molar-refractivity contribution < 1.29 is 23.9 Å². The van der Waals surface area contributed by atoms with Crippen LogP contribution < -0.4 is 5.32 Å². The van der Waals surface area contributed by atoms with Gasteiger partial charge in [-0.25, -0.2) is 4.79 Å². The molecule has 0 radical (unpaired) electrons. The van der Waals surface area contributed by atoms with Gasteiger partial charge in [0.2, 0.25) is 5.91 Å². The van der Waals surface area contributed by atoms with Crippen LogP contribution in [-0.4, -0.2) is 38.1 Å². The molecule has 0 saturated carbocycles. The highest BCUT2D eigenvalue weighted by Gasteiger charge is 2.21. The van der Waals surface area contributed by atoms with Crippen molar-refractivity contribution in [2.24, 2.45) is 0 Å².